The smallest absolute Gasteiger partial charge is 0.469 e. The van der Waals surface area contributed by atoms with Crippen LogP contribution in [0.15, 0.2) is 0 Å². The zero-order valence-corrected chi connectivity index (χ0v) is 10.2. The summed E-state index contributed by atoms with van der Waals surface area (Å²) < 4.78 is 41.2. The molecule has 0 aromatic heterocycles. The molecule has 0 aliphatic rings. The number of rotatable bonds is 6. The fraction of sp³-hybridized carbons (Fsp3) is 0.800. The number of methoxy groups -OCH3 is 1. The first kappa shape index (κ1) is 16.7. The zero-order valence-electron chi connectivity index (χ0n) is 10.2. The Morgan fingerprint density at radius 3 is 2.33 bits per heavy atom. The van der Waals surface area contributed by atoms with Crippen molar-refractivity contribution in [3.63, 3.8) is 0 Å². The third-order valence-corrected chi connectivity index (χ3v) is 2.21. The quantitative estimate of drug-likeness (QED) is 0.717. The number of halogens is 3. The maximum Gasteiger partial charge on any atom is 0.471 e. The number of hydrogen-bond donors (Lipinski definition) is 1. The highest BCUT2D eigenvalue weighted by Gasteiger charge is 2.42. The number of esters is 1. The van der Waals surface area contributed by atoms with Crippen LogP contribution in [0.5, 0.6) is 0 Å². The van der Waals surface area contributed by atoms with Gasteiger partial charge in [0, 0.05) is 19.7 Å². The minimum Gasteiger partial charge on any atom is -0.469 e. The summed E-state index contributed by atoms with van der Waals surface area (Å²) >= 11 is 0. The molecule has 0 bridgehead atoms. The van der Waals surface area contributed by atoms with Gasteiger partial charge in [0.05, 0.1) is 13.0 Å². The maximum atomic E-state index is 12.3. The van der Waals surface area contributed by atoms with E-state index in [4.69, 9.17) is 5.11 Å². The molecule has 0 aliphatic carbocycles. The summed E-state index contributed by atoms with van der Waals surface area (Å²) in [5.41, 5.74) is 0. The number of aliphatic hydroxyl groups excluding tert-OH is 1. The topological polar surface area (TPSA) is 66.8 Å². The summed E-state index contributed by atoms with van der Waals surface area (Å²) in [6, 6.07) is 0. The summed E-state index contributed by atoms with van der Waals surface area (Å²) in [5, 5.41) is 8.58. The lowest BCUT2D eigenvalue weighted by molar-refractivity contribution is -0.186. The molecule has 0 aromatic rings. The van der Waals surface area contributed by atoms with Crippen molar-refractivity contribution in [3.05, 3.63) is 0 Å². The van der Waals surface area contributed by atoms with Gasteiger partial charge in [-0.3, -0.25) is 9.59 Å². The van der Waals surface area contributed by atoms with Gasteiger partial charge in [-0.15, -0.1) is 0 Å². The molecule has 8 heteroatoms. The van der Waals surface area contributed by atoms with Gasteiger partial charge in [0.15, 0.2) is 0 Å². The number of hydrogen-bond acceptors (Lipinski definition) is 4. The second-order valence-electron chi connectivity index (χ2n) is 3.75. The minimum atomic E-state index is -4.99. The van der Waals surface area contributed by atoms with Crippen LogP contribution in [0.2, 0.25) is 0 Å². The Hall–Kier alpha value is -1.31. The number of aliphatic hydroxyl groups is 1. The number of amides is 1. The van der Waals surface area contributed by atoms with Gasteiger partial charge in [0.1, 0.15) is 0 Å². The molecule has 106 valence electrons. The number of carbonyl (C=O) groups excluding carboxylic acids is 2. The Labute approximate surface area is 103 Å². The molecule has 18 heavy (non-hydrogen) atoms. The molecule has 5 nitrogen and oxygen atoms in total. The van der Waals surface area contributed by atoms with Crippen molar-refractivity contribution in [1.29, 1.82) is 0 Å². The minimum absolute atomic E-state index is 0.00964. The predicted molar refractivity (Wildman–Crippen MR) is 55.5 cm³/mol. The zero-order chi connectivity index (χ0) is 14.3. The van der Waals surface area contributed by atoms with Crippen molar-refractivity contribution in [2.24, 2.45) is 5.92 Å². The highest BCUT2D eigenvalue weighted by molar-refractivity contribution is 5.82. The summed E-state index contributed by atoms with van der Waals surface area (Å²) in [6.07, 6.45) is -4.99. The van der Waals surface area contributed by atoms with Gasteiger partial charge in [0.2, 0.25) is 0 Å². The molecule has 1 unspecified atom stereocenters. The molecule has 0 rings (SSSR count). The molecule has 1 atom stereocenters. The predicted octanol–water partition coefficient (Wildman–Crippen LogP) is 0.569. The Balaban J connectivity index is 4.68. The molecule has 0 saturated carbocycles. The van der Waals surface area contributed by atoms with Crippen molar-refractivity contribution in [2.75, 3.05) is 26.8 Å². The third-order valence-electron chi connectivity index (χ3n) is 2.21. The highest BCUT2D eigenvalue weighted by atomic mass is 19.4. The van der Waals surface area contributed by atoms with Crippen LogP contribution in [0.3, 0.4) is 0 Å². The van der Waals surface area contributed by atoms with Crippen LogP contribution >= 0.6 is 0 Å². The molecule has 0 fully saturated rings. The van der Waals surface area contributed by atoms with Crippen LogP contribution in [0.25, 0.3) is 0 Å². The number of ether oxygens (including phenoxy) is 1. The molecule has 0 saturated heterocycles. The van der Waals surface area contributed by atoms with Gasteiger partial charge in [-0.2, -0.15) is 13.2 Å². The third kappa shape index (κ3) is 5.35. The molecule has 0 spiro atoms. The average Bonchev–Trinajstić information content (AvgIpc) is 2.30. The van der Waals surface area contributed by atoms with Gasteiger partial charge in [-0.1, -0.05) is 6.92 Å². The van der Waals surface area contributed by atoms with Crippen LogP contribution in [0.4, 0.5) is 13.2 Å². The first-order valence-corrected chi connectivity index (χ1v) is 5.28. The van der Waals surface area contributed by atoms with E-state index in [1.165, 1.54) is 6.92 Å². The van der Waals surface area contributed by atoms with Gasteiger partial charge < -0.3 is 14.7 Å². The molecular weight excluding hydrogens is 255 g/mol. The lowest BCUT2D eigenvalue weighted by Crippen LogP contribution is -2.45. The maximum absolute atomic E-state index is 12.3. The van der Waals surface area contributed by atoms with E-state index in [0.29, 0.717) is 4.90 Å². The van der Waals surface area contributed by atoms with Crippen molar-refractivity contribution in [2.45, 2.75) is 19.5 Å². The number of alkyl halides is 3. The van der Waals surface area contributed by atoms with Gasteiger partial charge in [0.25, 0.3) is 0 Å². The number of carbonyl (C=O) groups is 2. The first-order valence-electron chi connectivity index (χ1n) is 5.28. The van der Waals surface area contributed by atoms with Crippen molar-refractivity contribution in [1.82, 2.24) is 4.90 Å². The molecule has 1 N–H and O–H groups in total. The molecule has 0 heterocycles. The van der Waals surface area contributed by atoms with Crippen molar-refractivity contribution in [3.8, 4) is 0 Å². The summed E-state index contributed by atoms with van der Waals surface area (Å²) in [5.74, 6) is -3.58. The Kier molecular flexibility index (Phi) is 6.67. The fourth-order valence-electron chi connectivity index (χ4n) is 1.32. The number of nitrogens with zero attached hydrogens (tertiary/aromatic N) is 1. The van der Waals surface area contributed by atoms with E-state index < -0.39 is 30.5 Å². The highest BCUT2D eigenvalue weighted by Crippen LogP contribution is 2.19. The van der Waals surface area contributed by atoms with Crippen molar-refractivity contribution >= 4 is 11.9 Å². The molecule has 1 amide bonds. The van der Waals surface area contributed by atoms with E-state index in [2.05, 4.69) is 4.74 Å². The Bertz CT molecular complexity index is 293. The summed E-state index contributed by atoms with van der Waals surface area (Å²) in [4.78, 5) is 22.7. The molecule has 0 radical (unpaired) electrons. The van der Waals surface area contributed by atoms with Crippen LogP contribution in [0.1, 0.15) is 13.3 Å². The van der Waals surface area contributed by atoms with E-state index in [0.717, 1.165) is 7.11 Å². The van der Waals surface area contributed by atoms with Crippen LogP contribution < -0.4 is 0 Å². The second kappa shape index (κ2) is 7.20. The normalized spacial score (nSPS) is 13.0. The van der Waals surface area contributed by atoms with Gasteiger partial charge in [-0.25, -0.2) is 0 Å². The fourth-order valence-corrected chi connectivity index (χ4v) is 1.32. The van der Waals surface area contributed by atoms with Crippen LogP contribution in [-0.4, -0.2) is 54.9 Å². The monoisotopic (exact) mass is 271 g/mol. The standard InChI is InChI=1S/C10H16F3NO4/c1-7(8(16)18-2)6-14(4-3-5-15)9(17)10(11,12)13/h7,15H,3-6H2,1-2H3. The Morgan fingerprint density at radius 2 is 1.94 bits per heavy atom. The van der Waals surface area contributed by atoms with E-state index >= 15 is 0 Å². The second-order valence-corrected chi connectivity index (χ2v) is 3.75. The van der Waals surface area contributed by atoms with Crippen molar-refractivity contribution < 1.29 is 32.6 Å². The SMILES string of the molecule is COC(=O)C(C)CN(CCCO)C(=O)C(F)(F)F. The van der Waals surface area contributed by atoms with E-state index in [9.17, 15) is 22.8 Å². The summed E-state index contributed by atoms with van der Waals surface area (Å²) in [6.45, 7) is 0.358. The first-order chi connectivity index (χ1) is 8.23. The molecular formula is C10H16F3NO4. The van der Waals surface area contributed by atoms with Gasteiger partial charge >= 0.3 is 18.1 Å². The summed E-state index contributed by atoms with van der Waals surface area (Å²) in [7, 11) is 1.11. The Morgan fingerprint density at radius 1 is 1.39 bits per heavy atom. The average molecular weight is 271 g/mol. The van der Waals surface area contributed by atoms with Gasteiger partial charge in [-0.05, 0) is 6.42 Å². The van der Waals surface area contributed by atoms with E-state index in [-0.39, 0.29) is 19.6 Å². The lowest BCUT2D eigenvalue weighted by Gasteiger charge is -2.25. The van der Waals surface area contributed by atoms with Crippen LogP contribution in [-0.2, 0) is 14.3 Å². The largest absolute Gasteiger partial charge is 0.471 e. The van der Waals surface area contributed by atoms with E-state index in [1.54, 1.807) is 0 Å². The van der Waals surface area contributed by atoms with Crippen LogP contribution in [0, 0.1) is 5.92 Å². The molecule has 0 aliphatic heterocycles. The lowest BCUT2D eigenvalue weighted by atomic mass is 10.1. The van der Waals surface area contributed by atoms with E-state index in [1.807, 2.05) is 0 Å². The molecule has 0 aromatic carbocycles.